The quantitative estimate of drug-likeness (QED) is 0.296. The molecule has 3 aromatic rings. The summed E-state index contributed by atoms with van der Waals surface area (Å²) < 4.78 is 28.5. The van der Waals surface area contributed by atoms with Gasteiger partial charge in [-0.25, -0.2) is 0 Å². The van der Waals surface area contributed by atoms with Gasteiger partial charge in [-0.05, 0) is 12.1 Å². The Morgan fingerprint density at radius 3 is 1.96 bits per heavy atom. The maximum absolute atomic E-state index is 14.2. The third kappa shape index (κ3) is 4.49. The SMILES string of the molecule is Fc1cc(F)c(-c2cccc(CS)n2)[c-]c1-c1cccc(C[S-])n1.[Pt+2]. The Labute approximate surface area is 170 Å². The Balaban J connectivity index is 0.00000225. The summed E-state index contributed by atoms with van der Waals surface area (Å²) in [7, 11) is 0. The van der Waals surface area contributed by atoms with Crippen molar-refractivity contribution in [3.8, 4) is 22.5 Å². The van der Waals surface area contributed by atoms with Crippen LogP contribution in [0.3, 0.4) is 0 Å². The van der Waals surface area contributed by atoms with E-state index in [1.807, 2.05) is 0 Å². The maximum atomic E-state index is 14.2. The third-order valence-electron chi connectivity index (χ3n) is 3.42. The molecule has 0 unspecified atom stereocenters. The first-order chi connectivity index (χ1) is 11.6. The number of hydrogen-bond donors (Lipinski definition) is 1. The van der Waals surface area contributed by atoms with E-state index in [4.69, 9.17) is 12.6 Å². The largest absolute Gasteiger partial charge is 2.00 e. The molecule has 0 radical (unpaired) electrons. The van der Waals surface area contributed by atoms with E-state index >= 15 is 0 Å². The van der Waals surface area contributed by atoms with Crippen LogP contribution in [0.5, 0.6) is 0 Å². The molecule has 0 fully saturated rings. The number of aromatic nitrogens is 2. The topological polar surface area (TPSA) is 25.8 Å². The summed E-state index contributed by atoms with van der Waals surface area (Å²) in [5, 5.41) is 0. The van der Waals surface area contributed by atoms with Gasteiger partial charge in [0, 0.05) is 28.5 Å². The molecule has 2 aromatic heterocycles. The molecule has 0 amide bonds. The van der Waals surface area contributed by atoms with Gasteiger partial charge in [-0.1, -0.05) is 41.5 Å². The van der Waals surface area contributed by atoms with Gasteiger partial charge in [0.15, 0.2) is 0 Å². The molecule has 0 bridgehead atoms. The molecule has 130 valence electrons. The minimum absolute atomic E-state index is 0. The Bertz CT molecular complexity index is 822. The van der Waals surface area contributed by atoms with E-state index < -0.39 is 11.6 Å². The van der Waals surface area contributed by atoms with Gasteiger partial charge in [0.05, 0.1) is 11.6 Å². The smallest absolute Gasteiger partial charge is 0.787 e. The van der Waals surface area contributed by atoms with Crippen LogP contribution >= 0.6 is 12.6 Å². The van der Waals surface area contributed by atoms with E-state index in [1.54, 1.807) is 36.4 Å². The molecule has 0 saturated heterocycles. The molecule has 0 aliphatic carbocycles. The van der Waals surface area contributed by atoms with E-state index in [0.29, 0.717) is 34.3 Å². The number of benzene rings is 1. The second-order valence-corrected chi connectivity index (χ2v) is 5.65. The Kier molecular flexibility index (Phi) is 7.17. The summed E-state index contributed by atoms with van der Waals surface area (Å²) in [6.07, 6.45) is 0. The zero-order valence-corrected chi connectivity index (χ0v) is 16.8. The third-order valence-corrected chi connectivity index (χ3v) is 4.04. The number of rotatable bonds is 4. The summed E-state index contributed by atoms with van der Waals surface area (Å²) >= 11 is 9.13. The van der Waals surface area contributed by atoms with Crippen molar-refractivity contribution in [1.82, 2.24) is 9.97 Å². The first-order valence-corrected chi connectivity index (χ1v) is 8.36. The zero-order chi connectivity index (χ0) is 17.1. The Morgan fingerprint density at radius 2 is 1.44 bits per heavy atom. The van der Waals surface area contributed by atoms with Crippen molar-refractivity contribution in [2.75, 3.05) is 0 Å². The van der Waals surface area contributed by atoms with Crippen molar-refractivity contribution in [1.29, 1.82) is 0 Å². The van der Waals surface area contributed by atoms with Crippen LogP contribution in [0.4, 0.5) is 8.78 Å². The van der Waals surface area contributed by atoms with Gasteiger partial charge < -0.3 is 12.6 Å². The molecular formula is C18H12F2N2PtS2. The molecule has 3 rings (SSSR count). The van der Waals surface area contributed by atoms with Crippen molar-refractivity contribution < 1.29 is 29.8 Å². The van der Waals surface area contributed by atoms with E-state index in [2.05, 4.69) is 28.7 Å². The van der Waals surface area contributed by atoms with Gasteiger partial charge in [0.1, 0.15) is 0 Å². The minimum atomic E-state index is -0.726. The molecule has 7 heteroatoms. The molecule has 0 spiro atoms. The first kappa shape index (κ1) is 20.1. The minimum Gasteiger partial charge on any atom is -0.787 e. The average Bonchev–Trinajstić information content (AvgIpc) is 2.62. The number of thiol groups is 1. The molecule has 2 heterocycles. The van der Waals surface area contributed by atoms with Gasteiger partial charge in [0.2, 0.25) is 0 Å². The Hall–Kier alpha value is -1.23. The van der Waals surface area contributed by atoms with Gasteiger partial charge in [0.25, 0.3) is 0 Å². The van der Waals surface area contributed by atoms with Gasteiger partial charge in [-0.2, -0.15) is 12.6 Å². The van der Waals surface area contributed by atoms with Crippen molar-refractivity contribution in [2.45, 2.75) is 11.5 Å². The molecule has 1 aromatic carbocycles. The van der Waals surface area contributed by atoms with E-state index in [-0.39, 0.29) is 32.2 Å². The van der Waals surface area contributed by atoms with Gasteiger partial charge in [-0.15, -0.1) is 11.8 Å². The van der Waals surface area contributed by atoms with Crippen LogP contribution in [0, 0.1) is 17.7 Å². The number of halogens is 2. The number of hydrogen-bond acceptors (Lipinski definition) is 4. The molecule has 0 aliphatic heterocycles. The van der Waals surface area contributed by atoms with Crippen LogP contribution in [0.25, 0.3) is 22.5 Å². The van der Waals surface area contributed by atoms with Crippen LogP contribution in [0.1, 0.15) is 11.4 Å². The summed E-state index contributed by atoms with van der Waals surface area (Å²) in [6, 6.07) is 13.9. The fourth-order valence-corrected chi connectivity index (χ4v) is 2.62. The van der Waals surface area contributed by atoms with E-state index in [9.17, 15) is 8.78 Å². The predicted octanol–water partition coefficient (Wildman–Crippen LogP) is 4.36. The molecular weight excluding hydrogens is 541 g/mol. The van der Waals surface area contributed by atoms with Crippen molar-refractivity contribution >= 4 is 25.3 Å². The molecule has 0 aliphatic rings. The average molecular weight is 554 g/mol. The van der Waals surface area contributed by atoms with E-state index in [0.717, 1.165) is 6.07 Å². The van der Waals surface area contributed by atoms with Crippen molar-refractivity contribution in [2.24, 2.45) is 0 Å². The Morgan fingerprint density at radius 1 is 0.920 bits per heavy atom. The first-order valence-electron chi connectivity index (χ1n) is 7.15. The summed E-state index contributed by atoms with van der Waals surface area (Å²) in [5.41, 5.74) is 2.27. The van der Waals surface area contributed by atoms with Gasteiger partial charge >= 0.3 is 21.1 Å². The van der Waals surface area contributed by atoms with Crippen LogP contribution in [-0.2, 0) is 45.2 Å². The standard InChI is InChI=1S/C18H13F2N2S2.Pt/c19-15-8-16(20)14(18-6-2-4-12(10-24)22-18)7-13(15)17-5-1-3-11(9-23)21-17;/h1-6,8,23-24H,9-10H2;/q-1;+2/p-1. The van der Waals surface area contributed by atoms with Gasteiger partial charge in [-0.3, -0.25) is 18.7 Å². The molecule has 25 heavy (non-hydrogen) atoms. The van der Waals surface area contributed by atoms with E-state index in [1.165, 1.54) is 0 Å². The molecule has 0 N–H and O–H groups in total. The van der Waals surface area contributed by atoms with Crippen LogP contribution in [0.15, 0.2) is 42.5 Å². The number of pyridine rings is 2. The van der Waals surface area contributed by atoms with Crippen LogP contribution < -0.4 is 0 Å². The molecule has 2 nitrogen and oxygen atoms in total. The summed E-state index contributed by atoms with van der Waals surface area (Å²) in [6.45, 7) is 0. The van der Waals surface area contributed by atoms with Crippen molar-refractivity contribution in [3.05, 3.63) is 71.6 Å². The number of nitrogens with zero attached hydrogens (tertiary/aromatic N) is 2. The fourth-order valence-electron chi connectivity index (χ4n) is 2.28. The maximum Gasteiger partial charge on any atom is 2.00 e. The van der Waals surface area contributed by atoms with Crippen molar-refractivity contribution in [3.63, 3.8) is 0 Å². The predicted molar refractivity (Wildman–Crippen MR) is 95.4 cm³/mol. The second-order valence-electron chi connectivity index (χ2n) is 5.05. The monoisotopic (exact) mass is 553 g/mol. The molecule has 0 atom stereocenters. The molecule has 0 saturated carbocycles. The van der Waals surface area contributed by atoms with Crippen LogP contribution in [-0.4, -0.2) is 9.97 Å². The van der Waals surface area contributed by atoms with Crippen LogP contribution in [0.2, 0.25) is 0 Å². The zero-order valence-electron chi connectivity index (χ0n) is 12.8. The summed E-state index contributed by atoms with van der Waals surface area (Å²) in [5.74, 6) is -0.712. The normalized spacial score (nSPS) is 10.4. The second kappa shape index (κ2) is 8.93. The summed E-state index contributed by atoms with van der Waals surface area (Å²) in [4.78, 5) is 8.60. The fraction of sp³-hybridized carbons (Fsp3) is 0.111.